The smallest absolute Gasteiger partial charge is 0.334 e. The lowest BCUT2D eigenvalue weighted by atomic mass is 10.0. The predicted octanol–water partition coefficient (Wildman–Crippen LogP) is 3.20. The number of allylic oxidation sites excluding steroid dienone is 2. The van der Waals surface area contributed by atoms with E-state index in [1.54, 1.807) is 0 Å². The van der Waals surface area contributed by atoms with E-state index in [2.05, 4.69) is 6.58 Å². The average molecular weight is 238 g/mol. The lowest BCUT2D eigenvalue weighted by Crippen LogP contribution is -2.25. The first-order chi connectivity index (χ1) is 7.67. The molecule has 96 valence electrons. The van der Waals surface area contributed by atoms with Gasteiger partial charge in [-0.25, -0.2) is 4.79 Å². The number of hydrogen-bond acceptors (Lipinski definition) is 3. The summed E-state index contributed by atoms with van der Waals surface area (Å²) >= 11 is 0. The highest BCUT2D eigenvalue weighted by atomic mass is 16.6. The third-order valence-corrected chi connectivity index (χ3v) is 2.10. The minimum atomic E-state index is -0.514. The molecule has 0 radical (unpaired) electrons. The highest BCUT2D eigenvalue weighted by molar-refractivity contribution is 5.93. The minimum absolute atomic E-state index is 0.0627. The average Bonchev–Trinajstić information content (AvgIpc) is 2.14. The maximum atomic E-state index is 11.9. The van der Waals surface area contributed by atoms with E-state index in [0.29, 0.717) is 18.4 Å². The Hall–Kier alpha value is -1.38. The van der Waals surface area contributed by atoms with Crippen molar-refractivity contribution >= 4 is 11.8 Å². The first kappa shape index (κ1) is 15.6. The van der Waals surface area contributed by atoms with Gasteiger partial charge >= 0.3 is 5.97 Å². The summed E-state index contributed by atoms with van der Waals surface area (Å²) in [5.41, 5.74) is 0.950. The number of ketones is 1. The van der Waals surface area contributed by atoms with Crippen LogP contribution in [-0.2, 0) is 14.3 Å². The summed E-state index contributed by atoms with van der Waals surface area (Å²) in [6, 6.07) is 0. The van der Waals surface area contributed by atoms with E-state index < -0.39 is 5.60 Å². The van der Waals surface area contributed by atoms with Crippen LogP contribution < -0.4 is 0 Å². The molecule has 0 unspecified atom stereocenters. The number of ether oxygens (including phenoxy) is 1. The van der Waals surface area contributed by atoms with E-state index in [9.17, 15) is 9.59 Å². The first-order valence-corrected chi connectivity index (χ1v) is 5.72. The van der Waals surface area contributed by atoms with Gasteiger partial charge in [-0.2, -0.15) is 0 Å². The zero-order valence-corrected chi connectivity index (χ0v) is 11.4. The van der Waals surface area contributed by atoms with E-state index in [0.717, 1.165) is 5.57 Å². The fourth-order valence-corrected chi connectivity index (χ4v) is 1.25. The summed E-state index contributed by atoms with van der Waals surface area (Å²) in [4.78, 5) is 23.0. The Balaban J connectivity index is 4.67. The molecule has 0 spiro atoms. The van der Waals surface area contributed by atoms with Gasteiger partial charge in [-0.1, -0.05) is 12.2 Å². The van der Waals surface area contributed by atoms with Gasteiger partial charge in [0.05, 0.1) is 0 Å². The van der Waals surface area contributed by atoms with E-state index in [1.807, 2.05) is 34.6 Å². The molecule has 0 aromatic rings. The van der Waals surface area contributed by atoms with Gasteiger partial charge in [-0.3, -0.25) is 4.79 Å². The lowest BCUT2D eigenvalue weighted by Gasteiger charge is -2.21. The second kappa shape index (κ2) is 6.38. The SMILES string of the molecule is C=CC(=O)CCC(C(=O)OC(C)(C)C)=C(C)C. The zero-order chi connectivity index (χ0) is 13.6. The van der Waals surface area contributed by atoms with Gasteiger partial charge in [-0.05, 0) is 47.1 Å². The molecule has 0 saturated carbocycles. The van der Waals surface area contributed by atoms with Crippen LogP contribution in [-0.4, -0.2) is 17.4 Å². The molecule has 0 aromatic heterocycles. The summed E-state index contributed by atoms with van der Waals surface area (Å²) < 4.78 is 5.29. The van der Waals surface area contributed by atoms with Crippen molar-refractivity contribution in [2.24, 2.45) is 0 Å². The molecule has 0 atom stereocenters. The molecule has 0 saturated heterocycles. The lowest BCUT2D eigenvalue weighted by molar-refractivity contribution is -0.150. The number of carbonyl (C=O) groups excluding carboxylic acids is 2. The quantitative estimate of drug-likeness (QED) is 0.545. The molecule has 0 aliphatic heterocycles. The van der Waals surface area contributed by atoms with Gasteiger partial charge in [-0.15, -0.1) is 0 Å². The van der Waals surface area contributed by atoms with Crippen LogP contribution in [0.25, 0.3) is 0 Å². The van der Waals surface area contributed by atoms with Crippen LogP contribution in [0.15, 0.2) is 23.8 Å². The molecular formula is C14H22O3. The van der Waals surface area contributed by atoms with Crippen molar-refractivity contribution in [2.75, 3.05) is 0 Å². The number of hydrogen-bond donors (Lipinski definition) is 0. The normalized spacial score (nSPS) is 10.6. The highest BCUT2D eigenvalue weighted by Crippen LogP contribution is 2.17. The second-order valence-electron chi connectivity index (χ2n) is 5.15. The molecule has 0 rings (SSSR count). The summed E-state index contributed by atoms with van der Waals surface area (Å²) in [6.07, 6.45) is 1.98. The second-order valence-corrected chi connectivity index (χ2v) is 5.15. The topological polar surface area (TPSA) is 43.4 Å². The maximum absolute atomic E-state index is 11.9. The molecule has 0 bridgehead atoms. The summed E-state index contributed by atoms with van der Waals surface area (Å²) in [7, 11) is 0. The third kappa shape index (κ3) is 6.72. The molecule has 0 amide bonds. The standard InChI is InChI=1S/C14H22O3/c1-7-11(15)8-9-12(10(2)3)13(16)17-14(4,5)6/h7H,1,8-9H2,2-6H3. The Labute approximate surface area is 104 Å². The van der Waals surface area contributed by atoms with Crippen LogP contribution in [0.5, 0.6) is 0 Å². The molecule has 0 heterocycles. The molecule has 0 N–H and O–H groups in total. The highest BCUT2D eigenvalue weighted by Gasteiger charge is 2.20. The molecule has 3 nitrogen and oxygen atoms in total. The monoisotopic (exact) mass is 238 g/mol. The van der Waals surface area contributed by atoms with Crippen LogP contribution in [0.2, 0.25) is 0 Å². The van der Waals surface area contributed by atoms with E-state index >= 15 is 0 Å². The van der Waals surface area contributed by atoms with Crippen LogP contribution in [0.4, 0.5) is 0 Å². The molecule has 0 aliphatic rings. The van der Waals surface area contributed by atoms with Crippen molar-refractivity contribution in [1.29, 1.82) is 0 Å². The summed E-state index contributed by atoms with van der Waals surface area (Å²) in [5.74, 6) is -0.401. The Kier molecular flexibility index (Phi) is 5.86. The van der Waals surface area contributed by atoms with Gasteiger partial charge in [0.1, 0.15) is 5.60 Å². The Bertz CT molecular complexity index is 339. The Morgan fingerprint density at radius 1 is 1.18 bits per heavy atom. The molecular weight excluding hydrogens is 216 g/mol. The van der Waals surface area contributed by atoms with Crippen molar-refractivity contribution in [2.45, 2.75) is 53.1 Å². The van der Waals surface area contributed by atoms with Crippen molar-refractivity contribution in [3.05, 3.63) is 23.8 Å². The van der Waals surface area contributed by atoms with Crippen LogP contribution in [0.3, 0.4) is 0 Å². The van der Waals surface area contributed by atoms with Crippen molar-refractivity contribution < 1.29 is 14.3 Å². The van der Waals surface area contributed by atoms with Gasteiger partial charge in [0, 0.05) is 12.0 Å². The molecule has 0 fully saturated rings. The number of rotatable bonds is 5. The largest absolute Gasteiger partial charge is 0.457 e. The molecule has 17 heavy (non-hydrogen) atoms. The summed E-state index contributed by atoms with van der Waals surface area (Å²) in [5, 5.41) is 0. The molecule has 0 aliphatic carbocycles. The van der Waals surface area contributed by atoms with Crippen molar-refractivity contribution in [3.8, 4) is 0 Å². The maximum Gasteiger partial charge on any atom is 0.334 e. The van der Waals surface area contributed by atoms with E-state index in [-0.39, 0.29) is 11.8 Å². The Morgan fingerprint density at radius 3 is 2.06 bits per heavy atom. The first-order valence-electron chi connectivity index (χ1n) is 5.72. The predicted molar refractivity (Wildman–Crippen MR) is 68.7 cm³/mol. The van der Waals surface area contributed by atoms with E-state index in [4.69, 9.17) is 4.74 Å². The fraction of sp³-hybridized carbons (Fsp3) is 0.571. The van der Waals surface area contributed by atoms with Gasteiger partial charge in [0.25, 0.3) is 0 Å². The Morgan fingerprint density at radius 2 is 1.71 bits per heavy atom. The van der Waals surface area contributed by atoms with Crippen molar-refractivity contribution in [1.82, 2.24) is 0 Å². The fourth-order valence-electron chi connectivity index (χ4n) is 1.25. The molecule has 0 aromatic carbocycles. The van der Waals surface area contributed by atoms with Gasteiger partial charge in [0.2, 0.25) is 0 Å². The third-order valence-electron chi connectivity index (χ3n) is 2.10. The summed E-state index contributed by atoms with van der Waals surface area (Å²) in [6.45, 7) is 12.6. The van der Waals surface area contributed by atoms with E-state index in [1.165, 1.54) is 6.08 Å². The van der Waals surface area contributed by atoms with Crippen LogP contribution in [0, 0.1) is 0 Å². The number of carbonyl (C=O) groups is 2. The van der Waals surface area contributed by atoms with Crippen molar-refractivity contribution in [3.63, 3.8) is 0 Å². The zero-order valence-electron chi connectivity index (χ0n) is 11.4. The minimum Gasteiger partial charge on any atom is -0.457 e. The van der Waals surface area contributed by atoms with Gasteiger partial charge in [0.15, 0.2) is 5.78 Å². The molecule has 3 heteroatoms. The van der Waals surface area contributed by atoms with Crippen LogP contribution >= 0.6 is 0 Å². The van der Waals surface area contributed by atoms with Crippen LogP contribution in [0.1, 0.15) is 47.5 Å². The van der Waals surface area contributed by atoms with Gasteiger partial charge < -0.3 is 4.74 Å². The number of esters is 1.